The minimum absolute atomic E-state index is 0.0712. The monoisotopic (exact) mass is 736 g/mol. The van der Waals surface area contributed by atoms with Gasteiger partial charge in [0, 0.05) is 24.0 Å². The van der Waals surface area contributed by atoms with Crippen molar-refractivity contribution in [1.82, 2.24) is 0 Å². The maximum atomic E-state index is 12.9. The molecule has 12 nitrogen and oxygen atoms in total. The third-order valence-corrected chi connectivity index (χ3v) is 8.27. The van der Waals surface area contributed by atoms with Gasteiger partial charge in [-0.25, -0.2) is 24.0 Å². The van der Waals surface area contributed by atoms with E-state index in [2.05, 4.69) is 13.2 Å². The van der Waals surface area contributed by atoms with Crippen molar-refractivity contribution in [2.75, 3.05) is 26.4 Å². The Morgan fingerprint density at radius 1 is 0.500 bits per heavy atom. The zero-order valence-corrected chi connectivity index (χ0v) is 29.6. The third-order valence-electron chi connectivity index (χ3n) is 8.27. The molecule has 3 aromatic carbocycles. The third kappa shape index (κ3) is 11.5. The summed E-state index contributed by atoms with van der Waals surface area (Å²) in [6.07, 6.45) is 8.87. The summed E-state index contributed by atoms with van der Waals surface area (Å²) < 4.78 is 38.0. The van der Waals surface area contributed by atoms with E-state index in [9.17, 15) is 24.0 Å². The first-order chi connectivity index (χ1) is 26.2. The van der Waals surface area contributed by atoms with E-state index in [-0.39, 0.29) is 29.8 Å². The number of unbranched alkanes of at least 4 members (excludes halogenated alkanes) is 2. The predicted octanol–water partition coefficient (Wildman–Crippen LogP) is 7.11. The molecule has 0 N–H and O–H groups in total. The Hall–Kier alpha value is -6.43. The molecule has 54 heavy (non-hydrogen) atoms. The fraction of sp³-hybridized carbons (Fsp3) is 0.262. The van der Waals surface area contributed by atoms with Crippen LogP contribution < -0.4 is 14.2 Å². The number of carbonyl (C=O) groups is 5. The SMILES string of the molecule is C=CC(=O)OCCCCOc1ccc(C(=O)OC2=CC=C(OC(=O)c3ccc(OC(=O)c4ccc(OCCCCOC(=O)C=C)cc4)cc3)C3CC23)cc1. The van der Waals surface area contributed by atoms with Crippen LogP contribution in [0.2, 0.25) is 0 Å². The highest BCUT2D eigenvalue weighted by atomic mass is 16.6. The molecule has 12 heteroatoms. The summed E-state index contributed by atoms with van der Waals surface area (Å²) in [5.74, 6) is -0.263. The van der Waals surface area contributed by atoms with Gasteiger partial charge in [-0.05, 0) is 117 Å². The number of allylic oxidation sites excluding steroid dienone is 4. The minimum atomic E-state index is -0.573. The molecule has 0 heterocycles. The normalized spacial score (nSPS) is 15.2. The lowest BCUT2D eigenvalue weighted by molar-refractivity contribution is -0.138. The first kappa shape index (κ1) is 38.8. The fourth-order valence-corrected chi connectivity index (χ4v) is 5.24. The molecule has 0 aromatic heterocycles. The van der Waals surface area contributed by atoms with Gasteiger partial charge in [-0.15, -0.1) is 0 Å². The highest BCUT2D eigenvalue weighted by Gasteiger charge is 2.48. The van der Waals surface area contributed by atoms with Gasteiger partial charge in [0.15, 0.2) is 0 Å². The highest BCUT2D eigenvalue weighted by Crippen LogP contribution is 2.52. The Morgan fingerprint density at radius 2 is 0.852 bits per heavy atom. The average molecular weight is 737 g/mol. The molecule has 0 spiro atoms. The second kappa shape index (κ2) is 19.4. The Balaban J connectivity index is 1.02. The van der Waals surface area contributed by atoms with Crippen LogP contribution in [0.25, 0.3) is 0 Å². The number of rotatable bonds is 20. The largest absolute Gasteiger partial charge is 0.494 e. The Morgan fingerprint density at radius 3 is 1.24 bits per heavy atom. The van der Waals surface area contributed by atoms with E-state index in [1.54, 1.807) is 60.7 Å². The standard InChI is InChI=1S/C42H40O12/c1-3-38(43)50-25-7-5-23-48-31-15-9-28(10-16-31)40(45)52-33-19-13-30(14-20-33)42(47)54-37-22-21-36(34-27-35(34)37)53-41(46)29-11-17-32(18-12-29)49-24-6-8-26-51-39(44)4-2/h3-4,9-22,34-35H,1-2,5-8,23-27H2. The van der Waals surface area contributed by atoms with E-state index >= 15 is 0 Å². The zero-order chi connectivity index (χ0) is 38.3. The molecule has 1 saturated carbocycles. The lowest BCUT2D eigenvalue weighted by atomic mass is 10.1. The molecule has 2 unspecified atom stereocenters. The lowest BCUT2D eigenvalue weighted by Crippen LogP contribution is -2.12. The van der Waals surface area contributed by atoms with E-state index in [1.165, 1.54) is 24.3 Å². The van der Waals surface area contributed by atoms with Gasteiger partial charge in [-0.3, -0.25) is 0 Å². The topological polar surface area (TPSA) is 150 Å². The summed E-state index contributed by atoms with van der Waals surface area (Å²) in [5.41, 5.74) is 0.960. The smallest absolute Gasteiger partial charge is 0.343 e. The van der Waals surface area contributed by atoms with Gasteiger partial charge in [-0.1, -0.05) is 13.2 Å². The van der Waals surface area contributed by atoms with Crippen molar-refractivity contribution in [2.45, 2.75) is 32.1 Å². The average Bonchev–Trinajstić information content (AvgIpc) is 4.01. The first-order valence-corrected chi connectivity index (χ1v) is 17.5. The Kier molecular flexibility index (Phi) is 14.0. The van der Waals surface area contributed by atoms with Gasteiger partial charge in [0.05, 0.1) is 43.1 Å². The van der Waals surface area contributed by atoms with Gasteiger partial charge in [0.2, 0.25) is 0 Å². The molecule has 0 radical (unpaired) electrons. The van der Waals surface area contributed by atoms with Crippen molar-refractivity contribution < 1.29 is 57.1 Å². The summed E-state index contributed by atoms with van der Waals surface area (Å²) >= 11 is 0. The van der Waals surface area contributed by atoms with Crippen molar-refractivity contribution in [2.24, 2.45) is 11.8 Å². The first-order valence-electron chi connectivity index (χ1n) is 17.5. The molecular weight excluding hydrogens is 696 g/mol. The van der Waals surface area contributed by atoms with Crippen LogP contribution in [0.15, 0.2) is 122 Å². The summed E-state index contributed by atoms with van der Waals surface area (Å²) in [6.45, 7) is 8.13. The minimum Gasteiger partial charge on any atom is -0.494 e. The van der Waals surface area contributed by atoms with Gasteiger partial charge in [-0.2, -0.15) is 0 Å². The van der Waals surface area contributed by atoms with Crippen molar-refractivity contribution in [3.63, 3.8) is 0 Å². The Labute approximate surface area is 312 Å². The molecule has 2 aliphatic rings. The number of esters is 5. The fourth-order valence-electron chi connectivity index (χ4n) is 5.24. The van der Waals surface area contributed by atoms with Crippen LogP contribution in [-0.2, 0) is 28.5 Å². The summed E-state index contributed by atoms with van der Waals surface area (Å²) in [7, 11) is 0. The molecule has 5 rings (SSSR count). The van der Waals surface area contributed by atoms with Crippen LogP contribution in [0.5, 0.6) is 17.2 Å². The molecule has 0 amide bonds. The van der Waals surface area contributed by atoms with Crippen LogP contribution in [0.1, 0.15) is 63.2 Å². The van der Waals surface area contributed by atoms with E-state index in [1.807, 2.05) is 0 Å². The summed E-state index contributed by atoms with van der Waals surface area (Å²) in [5, 5.41) is 0. The molecule has 2 atom stereocenters. The second-order valence-electron chi connectivity index (χ2n) is 12.2. The van der Waals surface area contributed by atoms with E-state index in [4.69, 9.17) is 33.2 Å². The molecule has 0 saturated heterocycles. The lowest BCUT2D eigenvalue weighted by Gasteiger charge is -2.15. The predicted molar refractivity (Wildman–Crippen MR) is 195 cm³/mol. The summed E-state index contributed by atoms with van der Waals surface area (Å²) in [6, 6.07) is 19.2. The zero-order valence-electron chi connectivity index (χ0n) is 29.6. The van der Waals surface area contributed by atoms with Gasteiger partial charge < -0.3 is 33.2 Å². The van der Waals surface area contributed by atoms with Crippen LogP contribution in [0, 0.1) is 11.8 Å². The summed E-state index contributed by atoms with van der Waals surface area (Å²) in [4.78, 5) is 60.5. The van der Waals surface area contributed by atoms with Crippen molar-refractivity contribution in [1.29, 1.82) is 0 Å². The quantitative estimate of drug-likeness (QED) is 0.0382. The number of carbonyl (C=O) groups excluding carboxylic acids is 5. The number of hydrogen-bond acceptors (Lipinski definition) is 12. The van der Waals surface area contributed by atoms with E-state index < -0.39 is 29.8 Å². The van der Waals surface area contributed by atoms with E-state index in [0.29, 0.717) is 86.1 Å². The van der Waals surface area contributed by atoms with Gasteiger partial charge >= 0.3 is 29.8 Å². The number of fused-ring (bicyclic) bond motifs is 1. The number of ether oxygens (including phenoxy) is 7. The van der Waals surface area contributed by atoms with Crippen LogP contribution in [0.4, 0.5) is 0 Å². The van der Waals surface area contributed by atoms with Crippen LogP contribution in [0.3, 0.4) is 0 Å². The van der Waals surface area contributed by atoms with Gasteiger partial charge in [0.25, 0.3) is 0 Å². The van der Waals surface area contributed by atoms with E-state index in [0.717, 1.165) is 12.2 Å². The van der Waals surface area contributed by atoms with Gasteiger partial charge in [0.1, 0.15) is 28.8 Å². The molecule has 280 valence electrons. The maximum Gasteiger partial charge on any atom is 0.343 e. The Bertz CT molecular complexity index is 1890. The number of hydrogen-bond donors (Lipinski definition) is 0. The second-order valence-corrected chi connectivity index (χ2v) is 12.2. The maximum absolute atomic E-state index is 12.9. The molecule has 2 aliphatic carbocycles. The van der Waals surface area contributed by atoms with Crippen molar-refractivity contribution in [3.8, 4) is 17.2 Å². The van der Waals surface area contributed by atoms with Crippen LogP contribution >= 0.6 is 0 Å². The number of benzene rings is 3. The molecular formula is C42H40O12. The molecule has 1 fully saturated rings. The van der Waals surface area contributed by atoms with Crippen molar-refractivity contribution in [3.05, 3.63) is 138 Å². The molecule has 0 bridgehead atoms. The molecule has 0 aliphatic heterocycles. The van der Waals surface area contributed by atoms with Crippen LogP contribution in [-0.4, -0.2) is 56.3 Å². The molecule has 3 aromatic rings. The highest BCUT2D eigenvalue weighted by molar-refractivity contribution is 5.92. The van der Waals surface area contributed by atoms with Crippen molar-refractivity contribution >= 4 is 29.8 Å².